The lowest BCUT2D eigenvalue weighted by atomic mass is 10.3. The minimum atomic E-state index is -0.123. The average molecular weight is 208 g/mol. The van der Waals surface area contributed by atoms with Crippen LogP contribution in [0.4, 0.5) is 5.69 Å². The van der Waals surface area contributed by atoms with Gasteiger partial charge in [0, 0.05) is 11.7 Å². The van der Waals surface area contributed by atoms with Gasteiger partial charge in [0.1, 0.15) is 5.75 Å². The second-order valence-electron chi connectivity index (χ2n) is 3.58. The molecule has 0 heterocycles. The third-order valence-electron chi connectivity index (χ3n) is 1.70. The van der Waals surface area contributed by atoms with Crippen LogP contribution in [0.25, 0.3) is 0 Å². The Hall–Kier alpha value is -1.71. The number of benzene rings is 1. The molecule has 0 unspecified atom stereocenters. The van der Waals surface area contributed by atoms with E-state index in [0.29, 0.717) is 11.4 Å². The molecular formula is C11H16N2O2. The van der Waals surface area contributed by atoms with Gasteiger partial charge in [-0.2, -0.15) is 0 Å². The Balaban J connectivity index is 2.37. The summed E-state index contributed by atoms with van der Waals surface area (Å²) < 4.78 is 5.26. The molecule has 1 aromatic rings. The van der Waals surface area contributed by atoms with Crippen LogP contribution < -0.4 is 15.8 Å². The first kappa shape index (κ1) is 11.4. The molecule has 3 N–H and O–H groups in total. The molecule has 0 saturated heterocycles. The smallest absolute Gasteiger partial charge is 0.258 e. The highest BCUT2D eigenvalue weighted by Gasteiger charge is 2.03. The van der Waals surface area contributed by atoms with Crippen molar-refractivity contribution in [1.29, 1.82) is 0 Å². The normalized spacial score (nSPS) is 10.1. The monoisotopic (exact) mass is 208 g/mol. The van der Waals surface area contributed by atoms with E-state index in [-0.39, 0.29) is 18.6 Å². The highest BCUT2D eigenvalue weighted by Crippen LogP contribution is 2.12. The SMILES string of the molecule is CC(C)NC(=O)COc1ccc(N)cc1. The van der Waals surface area contributed by atoms with Crippen LogP contribution in [0.2, 0.25) is 0 Å². The molecule has 0 radical (unpaired) electrons. The van der Waals surface area contributed by atoms with Gasteiger partial charge < -0.3 is 15.8 Å². The van der Waals surface area contributed by atoms with E-state index in [1.807, 2.05) is 13.8 Å². The topological polar surface area (TPSA) is 64.3 Å². The van der Waals surface area contributed by atoms with E-state index in [9.17, 15) is 4.79 Å². The molecule has 15 heavy (non-hydrogen) atoms. The summed E-state index contributed by atoms with van der Waals surface area (Å²) in [6, 6.07) is 7.06. The van der Waals surface area contributed by atoms with Crippen LogP contribution >= 0.6 is 0 Å². The number of nitrogens with two attached hydrogens (primary N) is 1. The molecule has 0 saturated carbocycles. The summed E-state index contributed by atoms with van der Waals surface area (Å²) >= 11 is 0. The van der Waals surface area contributed by atoms with Crippen molar-refractivity contribution in [1.82, 2.24) is 5.32 Å². The van der Waals surface area contributed by atoms with Gasteiger partial charge in [-0.05, 0) is 38.1 Å². The van der Waals surface area contributed by atoms with Gasteiger partial charge in [0.25, 0.3) is 5.91 Å². The van der Waals surface area contributed by atoms with Crippen LogP contribution in [0, 0.1) is 0 Å². The van der Waals surface area contributed by atoms with Crippen LogP contribution in [0.1, 0.15) is 13.8 Å². The Morgan fingerprint density at radius 1 is 1.40 bits per heavy atom. The summed E-state index contributed by atoms with van der Waals surface area (Å²) in [5.74, 6) is 0.518. The fourth-order valence-corrected chi connectivity index (χ4v) is 1.08. The van der Waals surface area contributed by atoms with Gasteiger partial charge in [-0.1, -0.05) is 0 Å². The Morgan fingerprint density at radius 3 is 2.53 bits per heavy atom. The van der Waals surface area contributed by atoms with E-state index < -0.39 is 0 Å². The van der Waals surface area contributed by atoms with Crippen LogP contribution in [0.15, 0.2) is 24.3 Å². The number of nitrogens with one attached hydrogen (secondary N) is 1. The van der Waals surface area contributed by atoms with E-state index >= 15 is 0 Å². The molecular weight excluding hydrogens is 192 g/mol. The summed E-state index contributed by atoms with van der Waals surface area (Å²) in [6.07, 6.45) is 0. The van der Waals surface area contributed by atoms with Crippen molar-refractivity contribution in [2.24, 2.45) is 0 Å². The molecule has 82 valence electrons. The Bertz CT molecular complexity index is 320. The molecule has 0 aliphatic carbocycles. The highest BCUT2D eigenvalue weighted by atomic mass is 16.5. The molecule has 0 aromatic heterocycles. The molecule has 0 atom stereocenters. The van der Waals surface area contributed by atoms with Crippen molar-refractivity contribution in [3.63, 3.8) is 0 Å². The maximum atomic E-state index is 11.2. The van der Waals surface area contributed by atoms with Crippen molar-refractivity contribution < 1.29 is 9.53 Å². The van der Waals surface area contributed by atoms with Gasteiger partial charge in [0.15, 0.2) is 6.61 Å². The predicted molar refractivity (Wildman–Crippen MR) is 59.6 cm³/mol. The van der Waals surface area contributed by atoms with Crippen molar-refractivity contribution >= 4 is 11.6 Å². The number of hydrogen-bond donors (Lipinski definition) is 2. The third kappa shape index (κ3) is 4.35. The summed E-state index contributed by atoms with van der Waals surface area (Å²) in [7, 11) is 0. The largest absolute Gasteiger partial charge is 0.484 e. The van der Waals surface area contributed by atoms with Crippen molar-refractivity contribution in [3.8, 4) is 5.75 Å². The molecule has 1 rings (SSSR count). The van der Waals surface area contributed by atoms with E-state index in [4.69, 9.17) is 10.5 Å². The highest BCUT2D eigenvalue weighted by molar-refractivity contribution is 5.77. The van der Waals surface area contributed by atoms with E-state index in [0.717, 1.165) is 0 Å². The van der Waals surface area contributed by atoms with E-state index in [2.05, 4.69) is 5.32 Å². The maximum absolute atomic E-state index is 11.2. The molecule has 0 spiro atoms. The zero-order valence-electron chi connectivity index (χ0n) is 8.99. The summed E-state index contributed by atoms with van der Waals surface area (Å²) in [5, 5.41) is 2.74. The van der Waals surface area contributed by atoms with Gasteiger partial charge in [0.2, 0.25) is 0 Å². The first-order valence-electron chi connectivity index (χ1n) is 4.85. The molecule has 0 aliphatic rings. The van der Waals surface area contributed by atoms with Crippen LogP contribution in [0.5, 0.6) is 5.75 Å². The first-order chi connectivity index (χ1) is 7.08. The number of hydrogen-bond acceptors (Lipinski definition) is 3. The Kier molecular flexibility index (Phi) is 3.97. The molecule has 1 amide bonds. The zero-order valence-corrected chi connectivity index (χ0v) is 8.99. The third-order valence-corrected chi connectivity index (χ3v) is 1.70. The lowest BCUT2D eigenvalue weighted by Gasteiger charge is -2.09. The van der Waals surface area contributed by atoms with Gasteiger partial charge in [-0.15, -0.1) is 0 Å². The lowest BCUT2D eigenvalue weighted by Crippen LogP contribution is -2.34. The van der Waals surface area contributed by atoms with Gasteiger partial charge >= 0.3 is 0 Å². The molecule has 0 fully saturated rings. The molecule has 1 aromatic carbocycles. The van der Waals surface area contributed by atoms with Crippen molar-refractivity contribution in [2.75, 3.05) is 12.3 Å². The number of carbonyl (C=O) groups is 1. The number of rotatable bonds is 4. The fourth-order valence-electron chi connectivity index (χ4n) is 1.08. The van der Waals surface area contributed by atoms with Gasteiger partial charge in [-0.3, -0.25) is 4.79 Å². The van der Waals surface area contributed by atoms with Crippen LogP contribution in [-0.4, -0.2) is 18.6 Å². The Morgan fingerprint density at radius 2 is 2.00 bits per heavy atom. The van der Waals surface area contributed by atoms with E-state index in [1.54, 1.807) is 24.3 Å². The average Bonchev–Trinajstić information content (AvgIpc) is 2.16. The quantitative estimate of drug-likeness (QED) is 0.730. The molecule has 4 nitrogen and oxygen atoms in total. The fraction of sp³-hybridized carbons (Fsp3) is 0.364. The Labute approximate surface area is 89.4 Å². The minimum absolute atomic E-state index is 0.0299. The van der Waals surface area contributed by atoms with Crippen molar-refractivity contribution in [3.05, 3.63) is 24.3 Å². The second-order valence-corrected chi connectivity index (χ2v) is 3.58. The standard InChI is InChI=1S/C11H16N2O2/c1-8(2)13-11(14)7-15-10-5-3-9(12)4-6-10/h3-6,8H,7,12H2,1-2H3,(H,13,14). The zero-order chi connectivity index (χ0) is 11.3. The van der Waals surface area contributed by atoms with Gasteiger partial charge in [-0.25, -0.2) is 0 Å². The predicted octanol–water partition coefficient (Wildman–Crippen LogP) is 1.17. The van der Waals surface area contributed by atoms with Crippen LogP contribution in [0.3, 0.4) is 0 Å². The maximum Gasteiger partial charge on any atom is 0.258 e. The molecule has 0 bridgehead atoms. The first-order valence-corrected chi connectivity index (χ1v) is 4.85. The number of anilines is 1. The minimum Gasteiger partial charge on any atom is -0.484 e. The second kappa shape index (κ2) is 5.24. The number of ether oxygens (including phenoxy) is 1. The molecule has 0 aliphatic heterocycles. The number of amides is 1. The number of nitrogen functional groups attached to an aromatic ring is 1. The number of carbonyl (C=O) groups excluding carboxylic acids is 1. The molecule has 4 heteroatoms. The van der Waals surface area contributed by atoms with Crippen LogP contribution in [-0.2, 0) is 4.79 Å². The van der Waals surface area contributed by atoms with Crippen molar-refractivity contribution in [2.45, 2.75) is 19.9 Å². The van der Waals surface area contributed by atoms with Gasteiger partial charge in [0.05, 0.1) is 0 Å². The summed E-state index contributed by atoms with van der Waals surface area (Å²) in [5.41, 5.74) is 6.19. The lowest BCUT2D eigenvalue weighted by molar-refractivity contribution is -0.123. The summed E-state index contributed by atoms with van der Waals surface area (Å²) in [4.78, 5) is 11.2. The summed E-state index contributed by atoms with van der Waals surface area (Å²) in [6.45, 7) is 3.84. The van der Waals surface area contributed by atoms with E-state index in [1.165, 1.54) is 0 Å².